The lowest BCUT2D eigenvalue weighted by Crippen LogP contribution is -1.94. The fraction of sp³-hybridized carbons (Fsp3) is 0.0714. The average molecular weight is 308 g/mol. The van der Waals surface area contributed by atoms with E-state index in [2.05, 4.69) is 0 Å². The molecule has 0 aromatic heterocycles. The van der Waals surface area contributed by atoms with Crippen LogP contribution >= 0.6 is 11.6 Å². The molecule has 7 heteroatoms. The molecule has 2 rings (SSSR count). The molecule has 0 heterocycles. The minimum Gasteiger partial charge on any atom is -0.490 e. The maximum atomic E-state index is 10.9. The maximum Gasteiger partial charge on any atom is 0.314 e. The number of carbonyl (C=O) groups is 1. The van der Waals surface area contributed by atoms with E-state index in [1.54, 1.807) is 6.07 Å². The van der Waals surface area contributed by atoms with E-state index in [-0.39, 0.29) is 22.2 Å². The number of rotatable bonds is 5. The van der Waals surface area contributed by atoms with Gasteiger partial charge in [0, 0.05) is 11.6 Å². The molecule has 6 nitrogen and oxygen atoms in total. The van der Waals surface area contributed by atoms with Crippen molar-refractivity contribution in [3.05, 3.63) is 57.1 Å². The first-order chi connectivity index (χ1) is 10.0. The lowest BCUT2D eigenvalue weighted by Gasteiger charge is -2.08. The number of nitro benzene ring substituents is 1. The van der Waals surface area contributed by atoms with Crippen LogP contribution in [0.5, 0.6) is 17.2 Å². The SMILES string of the molecule is COc1ccc(Oc2ccc(C=O)c(Cl)c2)cc1[N+](=O)[O-]. The molecule has 0 saturated heterocycles. The Morgan fingerprint density at radius 1 is 1.19 bits per heavy atom. The van der Waals surface area contributed by atoms with E-state index in [0.717, 1.165) is 0 Å². The van der Waals surface area contributed by atoms with Crippen LogP contribution in [-0.4, -0.2) is 18.3 Å². The molecule has 2 aromatic rings. The first-order valence-electron chi connectivity index (χ1n) is 5.80. The van der Waals surface area contributed by atoms with E-state index in [9.17, 15) is 14.9 Å². The number of hydrogen-bond acceptors (Lipinski definition) is 5. The van der Waals surface area contributed by atoms with Gasteiger partial charge in [-0.3, -0.25) is 14.9 Å². The zero-order valence-electron chi connectivity index (χ0n) is 10.9. The Balaban J connectivity index is 2.31. The summed E-state index contributed by atoms with van der Waals surface area (Å²) in [6.45, 7) is 0. The number of hydrogen-bond donors (Lipinski definition) is 0. The molecule has 108 valence electrons. The number of nitro groups is 1. The largest absolute Gasteiger partial charge is 0.490 e. The second-order valence-electron chi connectivity index (χ2n) is 3.99. The van der Waals surface area contributed by atoms with Crippen LogP contribution in [0.1, 0.15) is 10.4 Å². The van der Waals surface area contributed by atoms with E-state index >= 15 is 0 Å². The predicted octanol–water partition coefficient (Wildman–Crippen LogP) is 3.86. The van der Waals surface area contributed by atoms with Crippen molar-refractivity contribution >= 4 is 23.6 Å². The number of methoxy groups -OCH3 is 1. The smallest absolute Gasteiger partial charge is 0.314 e. The van der Waals surface area contributed by atoms with Crippen molar-refractivity contribution in [2.24, 2.45) is 0 Å². The summed E-state index contributed by atoms with van der Waals surface area (Å²) in [6, 6.07) is 8.73. The minimum absolute atomic E-state index is 0.140. The monoisotopic (exact) mass is 307 g/mol. The van der Waals surface area contributed by atoms with Gasteiger partial charge >= 0.3 is 5.69 Å². The molecule has 0 fully saturated rings. The first kappa shape index (κ1) is 14.8. The van der Waals surface area contributed by atoms with Crippen molar-refractivity contribution in [3.8, 4) is 17.2 Å². The van der Waals surface area contributed by atoms with Gasteiger partial charge in [0.25, 0.3) is 0 Å². The topological polar surface area (TPSA) is 78.7 Å². The molecule has 0 amide bonds. The predicted molar refractivity (Wildman–Crippen MR) is 76.6 cm³/mol. The highest BCUT2D eigenvalue weighted by Gasteiger charge is 2.16. The summed E-state index contributed by atoms with van der Waals surface area (Å²) in [6.07, 6.45) is 0.629. The van der Waals surface area contributed by atoms with Gasteiger partial charge in [-0.15, -0.1) is 0 Å². The van der Waals surface area contributed by atoms with E-state index in [0.29, 0.717) is 17.6 Å². The Morgan fingerprint density at radius 3 is 2.43 bits per heavy atom. The minimum atomic E-state index is -0.561. The summed E-state index contributed by atoms with van der Waals surface area (Å²) >= 11 is 5.89. The number of carbonyl (C=O) groups excluding carboxylic acids is 1. The number of ether oxygens (including phenoxy) is 2. The van der Waals surface area contributed by atoms with Crippen LogP contribution in [0, 0.1) is 10.1 Å². The third-order valence-electron chi connectivity index (χ3n) is 2.68. The van der Waals surface area contributed by atoms with Gasteiger partial charge < -0.3 is 9.47 Å². The summed E-state index contributed by atoms with van der Waals surface area (Å²) in [5, 5.41) is 11.2. The van der Waals surface area contributed by atoms with Crippen LogP contribution in [0.2, 0.25) is 5.02 Å². The Labute approximate surface area is 125 Å². The molecule has 21 heavy (non-hydrogen) atoms. The van der Waals surface area contributed by atoms with Crippen LogP contribution in [0.15, 0.2) is 36.4 Å². The lowest BCUT2D eigenvalue weighted by atomic mass is 10.2. The van der Waals surface area contributed by atoms with Crippen LogP contribution in [0.3, 0.4) is 0 Å². The highest BCUT2D eigenvalue weighted by Crippen LogP contribution is 2.33. The van der Waals surface area contributed by atoms with E-state index in [1.807, 2.05) is 0 Å². The molecule has 2 aromatic carbocycles. The van der Waals surface area contributed by atoms with Crippen molar-refractivity contribution < 1.29 is 19.2 Å². The maximum absolute atomic E-state index is 10.9. The van der Waals surface area contributed by atoms with Gasteiger partial charge in [0.15, 0.2) is 12.0 Å². The fourth-order valence-electron chi connectivity index (χ4n) is 1.68. The Hall–Kier alpha value is -2.60. The lowest BCUT2D eigenvalue weighted by molar-refractivity contribution is -0.385. The van der Waals surface area contributed by atoms with Gasteiger partial charge in [0.2, 0.25) is 0 Å². The zero-order valence-corrected chi connectivity index (χ0v) is 11.7. The summed E-state index contributed by atoms with van der Waals surface area (Å²) in [4.78, 5) is 21.0. The third kappa shape index (κ3) is 3.29. The second kappa shape index (κ2) is 6.23. The molecule has 0 unspecified atom stereocenters. The van der Waals surface area contributed by atoms with Gasteiger partial charge in [-0.1, -0.05) is 11.6 Å². The standard InChI is InChI=1S/C14H10ClNO5/c1-20-14-5-4-11(7-13(14)16(18)19)21-10-3-2-9(8-17)12(15)6-10/h2-8H,1H3. The van der Waals surface area contributed by atoms with Gasteiger partial charge in [0.1, 0.15) is 11.5 Å². The van der Waals surface area contributed by atoms with Crippen LogP contribution < -0.4 is 9.47 Å². The fourth-order valence-corrected chi connectivity index (χ4v) is 1.89. The molecule has 0 atom stereocenters. The Bertz CT molecular complexity index is 702. The molecule has 0 aliphatic heterocycles. The van der Waals surface area contributed by atoms with Crippen molar-refractivity contribution in [1.29, 1.82) is 0 Å². The summed E-state index contributed by atoms with van der Waals surface area (Å²) in [5.74, 6) is 0.768. The molecule has 0 aliphatic carbocycles. The number of benzene rings is 2. The zero-order chi connectivity index (χ0) is 15.4. The molecule has 0 saturated carbocycles. The quantitative estimate of drug-likeness (QED) is 0.476. The van der Waals surface area contributed by atoms with E-state index < -0.39 is 4.92 Å². The molecule has 0 radical (unpaired) electrons. The van der Waals surface area contributed by atoms with Gasteiger partial charge in [0.05, 0.1) is 23.1 Å². The van der Waals surface area contributed by atoms with Crippen LogP contribution in [0.25, 0.3) is 0 Å². The summed E-state index contributed by atoms with van der Waals surface area (Å²) in [7, 11) is 1.35. The van der Waals surface area contributed by atoms with Gasteiger partial charge in [-0.25, -0.2) is 0 Å². The first-order valence-corrected chi connectivity index (χ1v) is 6.18. The molecule has 0 bridgehead atoms. The second-order valence-corrected chi connectivity index (χ2v) is 4.40. The van der Waals surface area contributed by atoms with Crippen molar-refractivity contribution in [2.45, 2.75) is 0 Å². The molecule has 0 aliphatic rings. The van der Waals surface area contributed by atoms with Crippen LogP contribution in [0.4, 0.5) is 5.69 Å². The molecule has 0 N–H and O–H groups in total. The van der Waals surface area contributed by atoms with Crippen molar-refractivity contribution in [3.63, 3.8) is 0 Å². The molecule has 0 spiro atoms. The van der Waals surface area contributed by atoms with Crippen LogP contribution in [-0.2, 0) is 0 Å². The van der Waals surface area contributed by atoms with E-state index in [4.69, 9.17) is 21.1 Å². The summed E-state index contributed by atoms with van der Waals surface area (Å²) in [5.41, 5.74) is 0.135. The highest BCUT2D eigenvalue weighted by molar-refractivity contribution is 6.33. The number of nitrogens with zero attached hydrogens (tertiary/aromatic N) is 1. The molecular formula is C14H10ClNO5. The number of halogens is 1. The van der Waals surface area contributed by atoms with Gasteiger partial charge in [-0.2, -0.15) is 0 Å². The van der Waals surface area contributed by atoms with E-state index in [1.165, 1.54) is 37.4 Å². The Kier molecular flexibility index (Phi) is 4.39. The molecular weight excluding hydrogens is 298 g/mol. The Morgan fingerprint density at radius 2 is 1.86 bits per heavy atom. The highest BCUT2D eigenvalue weighted by atomic mass is 35.5. The average Bonchev–Trinajstić information content (AvgIpc) is 2.47. The third-order valence-corrected chi connectivity index (χ3v) is 3.01. The summed E-state index contributed by atoms with van der Waals surface area (Å²) < 4.78 is 10.4. The van der Waals surface area contributed by atoms with Crippen molar-refractivity contribution in [2.75, 3.05) is 7.11 Å². The normalized spacial score (nSPS) is 10.0. The van der Waals surface area contributed by atoms with Gasteiger partial charge in [-0.05, 0) is 24.3 Å². The van der Waals surface area contributed by atoms with Crippen molar-refractivity contribution in [1.82, 2.24) is 0 Å². The number of aldehydes is 1.